The molecule has 3 rings (SSSR count). The lowest BCUT2D eigenvalue weighted by atomic mass is 10.2. The third kappa shape index (κ3) is 1.78. The van der Waals surface area contributed by atoms with E-state index in [2.05, 4.69) is 20.1 Å². The zero-order chi connectivity index (χ0) is 14.3. The molecule has 0 N–H and O–H groups in total. The summed E-state index contributed by atoms with van der Waals surface area (Å²) in [5, 5.41) is 4.20. The molecule has 0 fully saturated rings. The van der Waals surface area contributed by atoms with Crippen molar-refractivity contribution in [2.24, 2.45) is 14.1 Å². The molecule has 8 nitrogen and oxygen atoms in total. The molecule has 0 aliphatic carbocycles. The van der Waals surface area contributed by atoms with Crippen LogP contribution in [0.25, 0.3) is 22.9 Å². The molecule has 0 aromatic carbocycles. The summed E-state index contributed by atoms with van der Waals surface area (Å²) in [6, 6.07) is 3.54. The lowest BCUT2D eigenvalue weighted by Gasteiger charge is -2.10. The van der Waals surface area contributed by atoms with Gasteiger partial charge in [0.2, 0.25) is 0 Å². The quantitative estimate of drug-likeness (QED) is 0.588. The van der Waals surface area contributed by atoms with Crippen molar-refractivity contribution in [1.29, 1.82) is 0 Å². The average molecular weight is 270 g/mol. The molecular weight excluding hydrogens is 260 g/mol. The largest absolute Gasteiger partial charge is 0.352 e. The van der Waals surface area contributed by atoms with Gasteiger partial charge in [-0.1, -0.05) is 0 Å². The number of hydrogen-bond acceptors (Lipinski definition) is 6. The zero-order valence-corrected chi connectivity index (χ0v) is 10.8. The topological polar surface area (TPSA) is 95.6 Å². The number of rotatable bonds is 1. The first-order chi connectivity index (χ1) is 9.58. The highest BCUT2D eigenvalue weighted by molar-refractivity contribution is 5.58. The van der Waals surface area contributed by atoms with Crippen molar-refractivity contribution in [2.75, 3.05) is 0 Å². The summed E-state index contributed by atoms with van der Waals surface area (Å²) in [7, 11) is 2.97. The van der Waals surface area contributed by atoms with Gasteiger partial charge >= 0.3 is 5.69 Å². The van der Waals surface area contributed by atoms with Crippen molar-refractivity contribution >= 4 is 0 Å². The first kappa shape index (κ1) is 12.2. The van der Waals surface area contributed by atoms with Crippen molar-refractivity contribution in [1.82, 2.24) is 29.3 Å². The SMILES string of the molecule is Cn1nc(-c2cccnc2)nc2c(=O)n(C)c(=O)nc1-2. The summed E-state index contributed by atoms with van der Waals surface area (Å²) in [6.07, 6.45) is 3.23. The van der Waals surface area contributed by atoms with Crippen LogP contribution in [0, 0.1) is 0 Å². The minimum absolute atomic E-state index is 0.100. The predicted octanol–water partition coefficient (Wildman–Crippen LogP) is -0.564. The Morgan fingerprint density at radius 1 is 1.15 bits per heavy atom. The number of pyridine rings is 1. The van der Waals surface area contributed by atoms with Crippen LogP contribution < -0.4 is 11.2 Å². The van der Waals surface area contributed by atoms with E-state index in [-0.39, 0.29) is 11.5 Å². The van der Waals surface area contributed by atoms with Crippen LogP contribution in [-0.4, -0.2) is 29.3 Å². The molecule has 0 bridgehead atoms. The molecule has 20 heavy (non-hydrogen) atoms. The zero-order valence-electron chi connectivity index (χ0n) is 10.8. The van der Waals surface area contributed by atoms with Gasteiger partial charge in [-0.2, -0.15) is 10.1 Å². The molecule has 0 saturated carbocycles. The van der Waals surface area contributed by atoms with Crippen LogP contribution in [0.5, 0.6) is 0 Å². The lowest BCUT2D eigenvalue weighted by molar-refractivity contribution is 0.678. The van der Waals surface area contributed by atoms with Crippen LogP contribution in [0.3, 0.4) is 0 Å². The molecule has 0 amide bonds. The highest BCUT2D eigenvalue weighted by Gasteiger charge is 2.19. The van der Waals surface area contributed by atoms with Crippen molar-refractivity contribution < 1.29 is 0 Å². The highest BCUT2D eigenvalue weighted by atomic mass is 16.2. The second-order valence-electron chi connectivity index (χ2n) is 4.23. The summed E-state index contributed by atoms with van der Waals surface area (Å²) in [5.41, 5.74) is -0.347. The number of aromatic nitrogens is 6. The normalized spacial score (nSPS) is 10.9. The van der Waals surface area contributed by atoms with E-state index >= 15 is 0 Å². The lowest BCUT2D eigenvalue weighted by Crippen LogP contribution is -2.36. The number of aryl methyl sites for hydroxylation is 1. The van der Waals surface area contributed by atoms with Crippen LogP contribution in [-0.2, 0) is 14.1 Å². The van der Waals surface area contributed by atoms with Crippen molar-refractivity contribution in [2.45, 2.75) is 0 Å². The first-order valence-electron chi connectivity index (χ1n) is 5.80. The van der Waals surface area contributed by atoms with Gasteiger partial charge in [0.25, 0.3) is 5.56 Å². The van der Waals surface area contributed by atoms with Gasteiger partial charge in [-0.05, 0) is 12.1 Å². The Bertz CT molecular complexity index is 867. The van der Waals surface area contributed by atoms with E-state index in [9.17, 15) is 9.59 Å². The minimum Gasteiger partial charge on any atom is -0.267 e. The monoisotopic (exact) mass is 270 g/mol. The maximum absolute atomic E-state index is 12.1. The molecule has 0 saturated heterocycles. The van der Waals surface area contributed by atoms with Crippen molar-refractivity contribution in [3.8, 4) is 22.9 Å². The van der Waals surface area contributed by atoms with Gasteiger partial charge in [-0.15, -0.1) is 0 Å². The predicted molar refractivity (Wildman–Crippen MR) is 70.2 cm³/mol. The number of nitrogens with zero attached hydrogens (tertiary/aromatic N) is 6. The van der Waals surface area contributed by atoms with E-state index in [0.29, 0.717) is 11.4 Å². The van der Waals surface area contributed by atoms with E-state index in [4.69, 9.17) is 0 Å². The second kappa shape index (κ2) is 4.34. The van der Waals surface area contributed by atoms with E-state index in [1.165, 1.54) is 11.7 Å². The Morgan fingerprint density at radius 2 is 1.95 bits per heavy atom. The Balaban J connectivity index is 2.38. The first-order valence-corrected chi connectivity index (χ1v) is 5.80. The molecule has 2 aliphatic rings. The van der Waals surface area contributed by atoms with Gasteiger partial charge in [0.05, 0.1) is 0 Å². The highest BCUT2D eigenvalue weighted by Crippen LogP contribution is 2.16. The number of hydrogen-bond donors (Lipinski definition) is 0. The fourth-order valence-corrected chi connectivity index (χ4v) is 1.82. The molecule has 2 aliphatic heterocycles. The third-order valence-corrected chi connectivity index (χ3v) is 2.90. The Morgan fingerprint density at radius 3 is 2.65 bits per heavy atom. The van der Waals surface area contributed by atoms with Crippen LogP contribution in [0.2, 0.25) is 0 Å². The Kier molecular flexibility index (Phi) is 2.63. The molecular formula is C12H10N6O2. The van der Waals surface area contributed by atoms with E-state index in [0.717, 1.165) is 4.57 Å². The molecule has 0 radical (unpaired) electrons. The van der Waals surface area contributed by atoms with Crippen LogP contribution in [0.15, 0.2) is 34.1 Å². The molecule has 100 valence electrons. The van der Waals surface area contributed by atoms with Crippen LogP contribution in [0.1, 0.15) is 0 Å². The molecule has 0 spiro atoms. The third-order valence-electron chi connectivity index (χ3n) is 2.90. The Labute approximate surface area is 112 Å². The maximum atomic E-state index is 12.1. The molecule has 1 aromatic heterocycles. The summed E-state index contributed by atoms with van der Waals surface area (Å²) in [4.78, 5) is 35.6. The summed E-state index contributed by atoms with van der Waals surface area (Å²) >= 11 is 0. The molecule has 0 atom stereocenters. The fraction of sp³-hybridized carbons (Fsp3) is 0.167. The van der Waals surface area contributed by atoms with Gasteiger partial charge in [0, 0.05) is 32.1 Å². The van der Waals surface area contributed by atoms with Crippen molar-refractivity contribution in [3.63, 3.8) is 0 Å². The maximum Gasteiger partial charge on any atom is 0.352 e. The summed E-state index contributed by atoms with van der Waals surface area (Å²) in [6.45, 7) is 0. The van der Waals surface area contributed by atoms with Crippen LogP contribution in [0.4, 0.5) is 0 Å². The van der Waals surface area contributed by atoms with E-state index in [1.54, 1.807) is 31.6 Å². The second-order valence-corrected chi connectivity index (χ2v) is 4.23. The van der Waals surface area contributed by atoms with Crippen molar-refractivity contribution in [3.05, 3.63) is 45.4 Å². The van der Waals surface area contributed by atoms with Crippen LogP contribution >= 0.6 is 0 Å². The van der Waals surface area contributed by atoms with E-state index < -0.39 is 11.2 Å². The smallest absolute Gasteiger partial charge is 0.267 e. The summed E-state index contributed by atoms with van der Waals surface area (Å²) < 4.78 is 2.29. The Hall–Kier alpha value is -2.90. The van der Waals surface area contributed by atoms with Gasteiger partial charge in [0.15, 0.2) is 17.3 Å². The standard InChI is InChI=1S/C12H10N6O2/c1-17-11(19)8-10(15-12(17)20)18(2)16-9(14-8)7-4-3-5-13-6-7/h3-6H,1-2H3. The van der Waals surface area contributed by atoms with Gasteiger partial charge < -0.3 is 0 Å². The van der Waals surface area contributed by atoms with E-state index in [1.807, 2.05) is 0 Å². The average Bonchev–Trinajstić information content (AvgIpc) is 2.47. The van der Waals surface area contributed by atoms with Gasteiger partial charge in [-0.25, -0.2) is 14.5 Å². The molecule has 8 heteroatoms. The fourth-order valence-electron chi connectivity index (χ4n) is 1.82. The summed E-state index contributed by atoms with van der Waals surface area (Å²) in [5.74, 6) is 0.511. The molecule has 0 unspecified atom stereocenters. The molecule has 3 heterocycles. The van der Waals surface area contributed by atoms with Gasteiger partial charge in [0.1, 0.15) is 0 Å². The molecule has 1 aromatic rings. The number of fused-ring (bicyclic) bond motifs is 1. The minimum atomic E-state index is -0.629. The van der Waals surface area contributed by atoms with Gasteiger partial charge in [-0.3, -0.25) is 14.3 Å².